The van der Waals surface area contributed by atoms with Gasteiger partial charge in [-0.2, -0.15) is 5.10 Å². The van der Waals surface area contributed by atoms with Crippen molar-refractivity contribution in [3.63, 3.8) is 0 Å². The monoisotopic (exact) mass is 601 g/mol. The number of anilines is 1. The number of aromatic nitrogens is 2. The molecule has 8 nitrogen and oxygen atoms in total. The zero-order valence-corrected chi connectivity index (χ0v) is 26.6. The summed E-state index contributed by atoms with van der Waals surface area (Å²) in [6.45, 7) is 6.75. The average Bonchev–Trinajstić information content (AvgIpc) is 3.54. The van der Waals surface area contributed by atoms with Gasteiger partial charge in [0.05, 0.1) is 19.4 Å². The van der Waals surface area contributed by atoms with E-state index in [1.807, 2.05) is 21.8 Å². The van der Waals surface area contributed by atoms with E-state index in [1.54, 1.807) is 7.11 Å². The zero-order valence-electron chi connectivity index (χ0n) is 26.6. The number of nitrogens with zero attached hydrogens (tertiary/aromatic N) is 3. The Balaban J connectivity index is 1.31. The van der Waals surface area contributed by atoms with Crippen molar-refractivity contribution in [3.05, 3.63) is 66.0 Å². The van der Waals surface area contributed by atoms with E-state index in [0.717, 1.165) is 48.2 Å². The van der Waals surface area contributed by atoms with Crippen LogP contribution in [0.15, 0.2) is 54.9 Å². The topological polar surface area (TPSA) is 93.9 Å². The number of amides is 1. The molecule has 1 aromatic heterocycles. The average molecular weight is 602 g/mol. The minimum atomic E-state index is -0.954. The molecule has 0 atom stereocenters. The van der Waals surface area contributed by atoms with Gasteiger partial charge in [0.15, 0.2) is 0 Å². The van der Waals surface area contributed by atoms with Crippen LogP contribution in [0.2, 0.25) is 0 Å². The fourth-order valence-electron chi connectivity index (χ4n) is 6.92. The molecule has 5 rings (SSSR count). The van der Waals surface area contributed by atoms with Crippen LogP contribution in [0.3, 0.4) is 0 Å². The Labute approximate surface area is 261 Å². The van der Waals surface area contributed by atoms with Crippen molar-refractivity contribution in [2.24, 2.45) is 11.8 Å². The van der Waals surface area contributed by atoms with Gasteiger partial charge in [0.1, 0.15) is 12.4 Å². The first-order valence-electron chi connectivity index (χ1n) is 16.2. The first-order valence-corrected chi connectivity index (χ1v) is 16.2. The summed E-state index contributed by atoms with van der Waals surface area (Å²) in [5, 5.41) is 13.5. The second-order valence-electron chi connectivity index (χ2n) is 12.9. The number of aliphatic carboxylic acids is 1. The number of hydrogen-bond acceptors (Lipinski definition) is 5. The fraction of sp³-hybridized carbons (Fsp3) is 0.528. The number of aryl methyl sites for hydroxylation is 1. The van der Waals surface area contributed by atoms with Gasteiger partial charge < -0.3 is 19.5 Å². The molecule has 0 radical (unpaired) electrons. The third-order valence-corrected chi connectivity index (χ3v) is 9.53. The van der Waals surface area contributed by atoms with Gasteiger partial charge in [-0.1, -0.05) is 24.3 Å². The Morgan fingerprint density at radius 1 is 1.00 bits per heavy atom. The molecule has 1 N–H and O–H groups in total. The maximum absolute atomic E-state index is 14.2. The summed E-state index contributed by atoms with van der Waals surface area (Å²) in [6, 6.07) is 15.1. The van der Waals surface area contributed by atoms with Crippen molar-refractivity contribution in [2.45, 2.75) is 90.2 Å². The molecule has 0 unspecified atom stereocenters. The van der Waals surface area contributed by atoms with Crippen LogP contribution < -0.4 is 9.64 Å². The summed E-state index contributed by atoms with van der Waals surface area (Å²) in [5.74, 6) is 1.01. The highest BCUT2D eigenvalue weighted by atomic mass is 16.5. The van der Waals surface area contributed by atoms with Gasteiger partial charge in [0.25, 0.3) is 0 Å². The van der Waals surface area contributed by atoms with E-state index in [2.05, 4.69) is 68.5 Å². The summed E-state index contributed by atoms with van der Waals surface area (Å²) < 4.78 is 13.0. The van der Waals surface area contributed by atoms with Crippen molar-refractivity contribution >= 4 is 17.6 Å². The lowest BCUT2D eigenvalue weighted by Crippen LogP contribution is -2.42. The highest BCUT2D eigenvalue weighted by molar-refractivity contribution is 5.95. The Morgan fingerprint density at radius 3 is 2.39 bits per heavy atom. The Morgan fingerprint density at radius 2 is 1.75 bits per heavy atom. The van der Waals surface area contributed by atoms with Gasteiger partial charge in [-0.3, -0.25) is 9.48 Å². The van der Waals surface area contributed by atoms with E-state index in [-0.39, 0.29) is 30.6 Å². The number of rotatable bonds is 11. The number of carboxylic acid groups (broad SMARTS) is 1. The van der Waals surface area contributed by atoms with Crippen LogP contribution in [0.5, 0.6) is 5.75 Å². The molecule has 2 aromatic carbocycles. The van der Waals surface area contributed by atoms with Gasteiger partial charge in [-0.25, -0.2) is 4.79 Å². The van der Waals surface area contributed by atoms with Crippen molar-refractivity contribution in [1.82, 2.24) is 9.78 Å². The lowest BCUT2D eigenvalue weighted by atomic mass is 9.78. The van der Waals surface area contributed by atoms with Crippen LogP contribution in [0, 0.1) is 18.8 Å². The summed E-state index contributed by atoms with van der Waals surface area (Å²) in [6.07, 6.45) is 11.1. The molecule has 2 saturated carbocycles. The standard InChI is InChI=1S/C36H47N3O5/c1-24(2)39-22-31(20-37-39)29-6-5-7-32(19-29)38(36(42)28-12-15-33(16-13-28)44-23-35(40)41)21-26-8-10-27(11-9-26)30-14-17-34(43-4)25(3)18-30/h5-7,14,17-20,22,24,26-28,33H,8-13,15-16,21,23H2,1-4H3,(H,40,41)/t26-,27-,28-,33-. The van der Waals surface area contributed by atoms with Crippen LogP contribution >= 0.6 is 0 Å². The largest absolute Gasteiger partial charge is 0.496 e. The van der Waals surface area contributed by atoms with Gasteiger partial charge >= 0.3 is 5.97 Å². The first-order chi connectivity index (χ1) is 21.2. The van der Waals surface area contributed by atoms with E-state index in [0.29, 0.717) is 44.1 Å². The molecular formula is C36H47N3O5. The first kappa shape index (κ1) is 31.8. The van der Waals surface area contributed by atoms with Crippen molar-refractivity contribution in [2.75, 3.05) is 25.2 Å². The highest BCUT2D eigenvalue weighted by Crippen LogP contribution is 2.39. The molecule has 0 saturated heterocycles. The fourth-order valence-corrected chi connectivity index (χ4v) is 6.92. The summed E-state index contributed by atoms with van der Waals surface area (Å²) in [7, 11) is 1.72. The number of carbonyl (C=O) groups is 2. The molecule has 0 aliphatic heterocycles. The summed E-state index contributed by atoms with van der Waals surface area (Å²) >= 11 is 0. The number of ether oxygens (including phenoxy) is 2. The smallest absolute Gasteiger partial charge is 0.329 e. The van der Waals surface area contributed by atoms with Crippen molar-refractivity contribution < 1.29 is 24.2 Å². The van der Waals surface area contributed by atoms with E-state index >= 15 is 0 Å². The normalized spacial score (nSPS) is 22.1. The quantitative estimate of drug-likeness (QED) is 0.246. The number of hydrogen-bond donors (Lipinski definition) is 1. The molecule has 2 aliphatic carbocycles. The minimum absolute atomic E-state index is 0.0920. The van der Waals surface area contributed by atoms with Crippen molar-refractivity contribution in [3.8, 4) is 16.9 Å². The highest BCUT2D eigenvalue weighted by Gasteiger charge is 2.33. The Bertz CT molecular complexity index is 1420. The van der Waals surface area contributed by atoms with Gasteiger partial charge in [0.2, 0.25) is 5.91 Å². The molecule has 236 valence electrons. The summed E-state index contributed by atoms with van der Waals surface area (Å²) in [4.78, 5) is 27.2. The maximum Gasteiger partial charge on any atom is 0.329 e. The molecule has 2 aliphatic rings. The Hall–Kier alpha value is -3.65. The predicted molar refractivity (Wildman–Crippen MR) is 172 cm³/mol. The van der Waals surface area contributed by atoms with Crippen molar-refractivity contribution in [1.29, 1.82) is 0 Å². The van der Waals surface area contributed by atoms with E-state index in [9.17, 15) is 9.59 Å². The third kappa shape index (κ3) is 7.70. The van der Waals surface area contributed by atoms with E-state index in [4.69, 9.17) is 14.6 Å². The second-order valence-corrected chi connectivity index (χ2v) is 12.9. The second kappa shape index (κ2) is 14.4. The molecule has 0 spiro atoms. The van der Waals surface area contributed by atoms with Gasteiger partial charge in [-0.05, 0) is 119 Å². The number of carboxylic acids is 1. The minimum Gasteiger partial charge on any atom is -0.496 e. The molecule has 1 heterocycles. The predicted octanol–water partition coefficient (Wildman–Crippen LogP) is 7.42. The molecule has 44 heavy (non-hydrogen) atoms. The number of carbonyl (C=O) groups excluding carboxylic acids is 1. The molecule has 3 aromatic rings. The lowest BCUT2D eigenvalue weighted by molar-refractivity contribution is -0.145. The van der Waals surface area contributed by atoms with Crippen LogP contribution in [0.25, 0.3) is 11.1 Å². The van der Waals surface area contributed by atoms with Crippen LogP contribution in [0.4, 0.5) is 5.69 Å². The van der Waals surface area contributed by atoms with Crippen LogP contribution in [0.1, 0.15) is 88.3 Å². The van der Waals surface area contributed by atoms with Gasteiger partial charge in [-0.15, -0.1) is 0 Å². The molecular weight excluding hydrogens is 554 g/mol. The molecule has 1 amide bonds. The lowest BCUT2D eigenvalue weighted by Gasteiger charge is -2.36. The van der Waals surface area contributed by atoms with Crippen LogP contribution in [-0.2, 0) is 14.3 Å². The molecule has 8 heteroatoms. The zero-order chi connectivity index (χ0) is 31.2. The molecule has 0 bridgehead atoms. The Kier molecular flexibility index (Phi) is 10.4. The van der Waals surface area contributed by atoms with Crippen LogP contribution in [-0.4, -0.2) is 53.1 Å². The number of benzene rings is 2. The van der Waals surface area contributed by atoms with E-state index < -0.39 is 5.97 Å². The third-order valence-electron chi connectivity index (χ3n) is 9.53. The van der Waals surface area contributed by atoms with E-state index in [1.165, 1.54) is 11.1 Å². The molecule has 2 fully saturated rings. The summed E-state index contributed by atoms with van der Waals surface area (Å²) in [5.41, 5.74) is 5.58. The maximum atomic E-state index is 14.2. The number of methoxy groups -OCH3 is 1. The van der Waals surface area contributed by atoms with Gasteiger partial charge in [0, 0.05) is 36.0 Å². The SMILES string of the molecule is COc1ccc([C@H]2CC[C@H](CN(c3cccc(-c4cnn(C(C)C)c4)c3)C(=O)[C@H]3CC[C@H](OCC(=O)O)CC3)CC2)cc1C.